The Morgan fingerprint density at radius 1 is 0.966 bits per heavy atom. The average molecular weight is 461 g/mol. The Balaban J connectivity index is 1.48. The standard InChI is InChI=1S/C21H28Cl3N3O2/c1-13(20(28)26-19-12-17(23)16(22)11-18(19)24)27-9-7-15(8-10-27)25-21(29)14-5-3-2-4-6-14/h11-15H,2-10H2,1H3,(H,25,29)(H,26,28). The van der Waals surface area contributed by atoms with E-state index < -0.39 is 0 Å². The summed E-state index contributed by atoms with van der Waals surface area (Å²) in [6.45, 7) is 3.40. The highest BCUT2D eigenvalue weighted by atomic mass is 35.5. The molecule has 1 aromatic rings. The molecule has 0 bridgehead atoms. The smallest absolute Gasteiger partial charge is 0.241 e. The van der Waals surface area contributed by atoms with Gasteiger partial charge in [-0.15, -0.1) is 0 Å². The highest BCUT2D eigenvalue weighted by Crippen LogP contribution is 2.32. The van der Waals surface area contributed by atoms with Crippen molar-refractivity contribution in [2.75, 3.05) is 18.4 Å². The lowest BCUT2D eigenvalue weighted by molar-refractivity contribution is -0.127. The molecule has 2 fully saturated rings. The van der Waals surface area contributed by atoms with Crippen LogP contribution in [0.25, 0.3) is 0 Å². The maximum Gasteiger partial charge on any atom is 0.241 e. The van der Waals surface area contributed by atoms with E-state index in [1.165, 1.54) is 12.5 Å². The molecule has 1 aliphatic heterocycles. The van der Waals surface area contributed by atoms with Crippen LogP contribution in [-0.2, 0) is 9.59 Å². The zero-order valence-corrected chi connectivity index (χ0v) is 18.9. The van der Waals surface area contributed by atoms with E-state index in [2.05, 4.69) is 15.5 Å². The number of amides is 2. The Labute approximate surface area is 187 Å². The predicted molar refractivity (Wildman–Crippen MR) is 119 cm³/mol. The third kappa shape index (κ3) is 6.00. The van der Waals surface area contributed by atoms with Gasteiger partial charge in [-0.25, -0.2) is 0 Å². The summed E-state index contributed by atoms with van der Waals surface area (Å²) in [6.07, 6.45) is 7.29. The highest BCUT2D eigenvalue weighted by Gasteiger charge is 2.29. The lowest BCUT2D eigenvalue weighted by Crippen LogP contribution is -2.51. The number of benzene rings is 1. The van der Waals surface area contributed by atoms with E-state index in [0.29, 0.717) is 20.8 Å². The van der Waals surface area contributed by atoms with Gasteiger partial charge < -0.3 is 10.6 Å². The van der Waals surface area contributed by atoms with Gasteiger partial charge in [0.15, 0.2) is 0 Å². The quantitative estimate of drug-likeness (QED) is 0.598. The van der Waals surface area contributed by atoms with Gasteiger partial charge in [-0.3, -0.25) is 14.5 Å². The molecule has 1 saturated carbocycles. The Kier molecular flexibility index (Phi) is 8.08. The van der Waals surface area contributed by atoms with Gasteiger partial charge in [0.05, 0.1) is 26.8 Å². The number of halogens is 3. The van der Waals surface area contributed by atoms with Crippen LogP contribution >= 0.6 is 34.8 Å². The molecule has 1 heterocycles. The normalized spacial score (nSPS) is 20.3. The Morgan fingerprint density at radius 2 is 1.59 bits per heavy atom. The van der Waals surface area contributed by atoms with Crippen LogP contribution in [0.3, 0.4) is 0 Å². The Bertz CT molecular complexity index is 745. The number of likely N-dealkylation sites (tertiary alicyclic amines) is 1. The number of carbonyl (C=O) groups excluding carboxylic acids is 2. The second-order valence-corrected chi connectivity index (χ2v) is 9.29. The molecule has 160 valence electrons. The van der Waals surface area contributed by atoms with Crippen molar-refractivity contribution in [1.82, 2.24) is 10.2 Å². The number of nitrogens with zero attached hydrogens (tertiary/aromatic N) is 1. The fourth-order valence-corrected chi connectivity index (χ4v) is 4.73. The third-order valence-corrected chi connectivity index (χ3v) is 7.08. The van der Waals surface area contributed by atoms with Crippen LogP contribution in [0.2, 0.25) is 15.1 Å². The molecule has 2 aliphatic rings. The first-order valence-corrected chi connectivity index (χ1v) is 11.5. The number of anilines is 1. The predicted octanol–water partition coefficient (Wildman–Crippen LogP) is 5.13. The first-order valence-electron chi connectivity index (χ1n) is 10.3. The van der Waals surface area contributed by atoms with E-state index in [1.54, 1.807) is 6.07 Å². The second kappa shape index (κ2) is 10.3. The van der Waals surface area contributed by atoms with Crippen LogP contribution in [0.4, 0.5) is 5.69 Å². The van der Waals surface area contributed by atoms with Crippen LogP contribution in [0, 0.1) is 5.92 Å². The maximum absolute atomic E-state index is 12.7. The van der Waals surface area contributed by atoms with Crippen molar-refractivity contribution >= 4 is 52.3 Å². The number of piperidine rings is 1. The van der Waals surface area contributed by atoms with Crippen LogP contribution < -0.4 is 10.6 Å². The molecule has 2 amide bonds. The minimum atomic E-state index is -0.310. The summed E-state index contributed by atoms with van der Waals surface area (Å²) in [7, 11) is 0. The minimum Gasteiger partial charge on any atom is -0.353 e. The lowest BCUT2D eigenvalue weighted by Gasteiger charge is -2.36. The van der Waals surface area contributed by atoms with Gasteiger partial charge in [-0.05, 0) is 44.7 Å². The lowest BCUT2D eigenvalue weighted by atomic mass is 9.88. The summed E-state index contributed by atoms with van der Waals surface area (Å²) in [5, 5.41) is 7.10. The molecule has 1 aliphatic carbocycles. The van der Waals surface area contributed by atoms with Crippen molar-refractivity contribution in [2.45, 2.75) is 64.0 Å². The third-order valence-electron chi connectivity index (χ3n) is 6.05. The number of hydrogen-bond acceptors (Lipinski definition) is 3. The van der Waals surface area contributed by atoms with E-state index in [4.69, 9.17) is 34.8 Å². The van der Waals surface area contributed by atoms with Crippen molar-refractivity contribution in [1.29, 1.82) is 0 Å². The summed E-state index contributed by atoms with van der Waals surface area (Å²) < 4.78 is 0. The first-order chi connectivity index (χ1) is 13.8. The molecular weight excluding hydrogens is 433 g/mol. The van der Waals surface area contributed by atoms with Gasteiger partial charge in [-0.2, -0.15) is 0 Å². The molecule has 0 aromatic heterocycles. The number of rotatable bonds is 5. The molecule has 0 spiro atoms. The van der Waals surface area contributed by atoms with Crippen molar-refractivity contribution in [3.05, 3.63) is 27.2 Å². The summed E-state index contributed by atoms with van der Waals surface area (Å²) in [5.41, 5.74) is 0.451. The second-order valence-electron chi connectivity index (χ2n) is 8.07. The summed E-state index contributed by atoms with van der Waals surface area (Å²) in [5.74, 6) is 0.251. The molecular formula is C21H28Cl3N3O2. The van der Waals surface area contributed by atoms with E-state index in [-0.39, 0.29) is 29.8 Å². The Morgan fingerprint density at radius 3 is 2.24 bits per heavy atom. The number of hydrogen-bond donors (Lipinski definition) is 2. The summed E-state index contributed by atoms with van der Waals surface area (Å²) in [6, 6.07) is 2.96. The SMILES string of the molecule is CC(C(=O)Nc1cc(Cl)c(Cl)cc1Cl)N1CCC(NC(=O)C2CCCCC2)CC1. The molecule has 0 radical (unpaired) electrons. The van der Waals surface area contributed by atoms with Gasteiger partial charge in [0.25, 0.3) is 0 Å². The van der Waals surface area contributed by atoms with Crippen LogP contribution in [0.1, 0.15) is 51.9 Å². The average Bonchev–Trinajstić information content (AvgIpc) is 2.72. The van der Waals surface area contributed by atoms with Crippen LogP contribution in [0.5, 0.6) is 0 Å². The molecule has 1 aromatic carbocycles. The molecule has 1 unspecified atom stereocenters. The van der Waals surface area contributed by atoms with E-state index in [0.717, 1.165) is 51.6 Å². The van der Waals surface area contributed by atoms with Crippen molar-refractivity contribution in [2.24, 2.45) is 5.92 Å². The van der Waals surface area contributed by atoms with E-state index >= 15 is 0 Å². The topological polar surface area (TPSA) is 61.4 Å². The van der Waals surface area contributed by atoms with E-state index in [9.17, 15) is 9.59 Å². The number of carbonyl (C=O) groups is 2. The summed E-state index contributed by atoms with van der Waals surface area (Å²) in [4.78, 5) is 27.3. The van der Waals surface area contributed by atoms with Crippen LogP contribution in [0.15, 0.2) is 12.1 Å². The van der Waals surface area contributed by atoms with Gasteiger partial charge in [0, 0.05) is 25.0 Å². The summed E-state index contributed by atoms with van der Waals surface area (Å²) >= 11 is 18.1. The van der Waals surface area contributed by atoms with Gasteiger partial charge in [-0.1, -0.05) is 54.1 Å². The molecule has 1 saturated heterocycles. The van der Waals surface area contributed by atoms with Crippen molar-refractivity contribution in [3.63, 3.8) is 0 Å². The van der Waals surface area contributed by atoms with Gasteiger partial charge >= 0.3 is 0 Å². The van der Waals surface area contributed by atoms with Gasteiger partial charge in [0.1, 0.15) is 0 Å². The molecule has 29 heavy (non-hydrogen) atoms. The molecule has 2 N–H and O–H groups in total. The minimum absolute atomic E-state index is 0.144. The zero-order chi connectivity index (χ0) is 21.0. The Hall–Kier alpha value is -1.01. The molecule has 3 rings (SSSR count). The monoisotopic (exact) mass is 459 g/mol. The maximum atomic E-state index is 12.7. The van der Waals surface area contributed by atoms with Crippen LogP contribution in [-0.4, -0.2) is 41.9 Å². The fourth-order valence-electron chi connectivity index (χ4n) is 4.14. The molecule has 1 atom stereocenters. The number of nitrogens with one attached hydrogen (secondary N) is 2. The molecule has 5 nitrogen and oxygen atoms in total. The van der Waals surface area contributed by atoms with Crippen molar-refractivity contribution < 1.29 is 9.59 Å². The highest BCUT2D eigenvalue weighted by molar-refractivity contribution is 6.44. The fraction of sp³-hybridized carbons (Fsp3) is 0.619. The largest absolute Gasteiger partial charge is 0.353 e. The van der Waals surface area contributed by atoms with E-state index in [1.807, 2.05) is 6.92 Å². The zero-order valence-electron chi connectivity index (χ0n) is 16.6. The first kappa shape index (κ1) is 22.7. The van der Waals surface area contributed by atoms with Gasteiger partial charge in [0.2, 0.25) is 11.8 Å². The molecule has 8 heteroatoms. The van der Waals surface area contributed by atoms with Crippen molar-refractivity contribution in [3.8, 4) is 0 Å².